The maximum absolute atomic E-state index is 10.8. The van der Waals surface area contributed by atoms with Crippen molar-refractivity contribution in [1.82, 2.24) is 4.57 Å². The smallest absolute Gasteiger partial charge is 0.225 e. The highest BCUT2D eigenvalue weighted by Crippen LogP contribution is 2.41. The molecule has 0 saturated carbocycles. The molecule has 3 aromatic carbocycles. The lowest BCUT2D eigenvalue weighted by Gasteiger charge is -2.06. The fourth-order valence-corrected chi connectivity index (χ4v) is 2.75. The molecular weight excluding hydrogens is 298 g/mol. The van der Waals surface area contributed by atoms with E-state index in [1.165, 1.54) is 0 Å². The molecule has 24 heavy (non-hydrogen) atoms. The van der Waals surface area contributed by atoms with Crippen LogP contribution in [0.2, 0.25) is 0 Å². The Labute approximate surface area is 139 Å². The average Bonchev–Trinajstić information content (AvgIpc) is 2.93. The van der Waals surface area contributed by atoms with E-state index in [1.54, 1.807) is 4.57 Å². The molecule has 0 amide bonds. The fourth-order valence-electron chi connectivity index (χ4n) is 2.75. The van der Waals surface area contributed by atoms with Crippen LogP contribution in [0.3, 0.4) is 0 Å². The second-order valence-electron chi connectivity index (χ2n) is 5.40. The summed E-state index contributed by atoms with van der Waals surface area (Å²) in [5.41, 5.74) is 2.99. The monoisotopic (exact) mass is 313 g/mol. The molecule has 4 aromatic rings. The molecule has 0 aliphatic carbocycles. The van der Waals surface area contributed by atoms with Crippen molar-refractivity contribution in [3.8, 4) is 11.6 Å². The summed E-state index contributed by atoms with van der Waals surface area (Å²) in [6, 6.07) is 27.0. The van der Waals surface area contributed by atoms with Gasteiger partial charge in [0, 0.05) is 11.1 Å². The van der Waals surface area contributed by atoms with Crippen LogP contribution in [0.1, 0.15) is 0 Å². The zero-order valence-corrected chi connectivity index (χ0v) is 12.9. The van der Waals surface area contributed by atoms with Crippen molar-refractivity contribution in [3.63, 3.8) is 0 Å². The Bertz CT molecular complexity index is 1010. The summed E-state index contributed by atoms with van der Waals surface area (Å²) in [6.45, 7) is 0. The van der Waals surface area contributed by atoms with E-state index in [9.17, 15) is 5.11 Å². The lowest BCUT2D eigenvalue weighted by atomic mass is 10.2. The normalized spacial score (nSPS) is 11.3. The zero-order valence-electron chi connectivity index (χ0n) is 12.9. The number of aromatic nitrogens is 1. The predicted molar refractivity (Wildman–Crippen MR) is 95.6 cm³/mol. The molecule has 1 aromatic heterocycles. The number of aromatic hydroxyl groups is 1. The maximum atomic E-state index is 10.8. The van der Waals surface area contributed by atoms with Gasteiger partial charge in [0.15, 0.2) is 5.69 Å². The predicted octanol–water partition coefficient (Wildman–Crippen LogP) is 5.75. The quantitative estimate of drug-likeness (QED) is 0.481. The van der Waals surface area contributed by atoms with Gasteiger partial charge >= 0.3 is 0 Å². The summed E-state index contributed by atoms with van der Waals surface area (Å²) < 4.78 is 1.79. The molecule has 0 aliphatic rings. The highest BCUT2D eigenvalue weighted by molar-refractivity contribution is 5.96. The van der Waals surface area contributed by atoms with Crippen molar-refractivity contribution in [1.29, 1.82) is 0 Å². The van der Waals surface area contributed by atoms with Gasteiger partial charge < -0.3 is 5.11 Å². The van der Waals surface area contributed by atoms with E-state index in [0.29, 0.717) is 5.69 Å². The SMILES string of the molecule is Oc1c(N=Nc2ccccc2)c2ccccc2n1-c1ccccc1. The molecule has 1 heterocycles. The van der Waals surface area contributed by atoms with Gasteiger partial charge in [-0.3, -0.25) is 4.57 Å². The third-order valence-electron chi connectivity index (χ3n) is 3.86. The fraction of sp³-hybridized carbons (Fsp3) is 0. The number of azo groups is 1. The molecule has 0 bridgehead atoms. The van der Waals surface area contributed by atoms with Crippen molar-refractivity contribution in [2.24, 2.45) is 10.2 Å². The second kappa shape index (κ2) is 6.01. The van der Waals surface area contributed by atoms with E-state index in [1.807, 2.05) is 84.9 Å². The van der Waals surface area contributed by atoms with E-state index in [2.05, 4.69) is 10.2 Å². The van der Waals surface area contributed by atoms with E-state index < -0.39 is 0 Å². The summed E-state index contributed by atoms with van der Waals surface area (Å²) in [4.78, 5) is 0. The third kappa shape index (κ3) is 2.44. The topological polar surface area (TPSA) is 49.9 Å². The van der Waals surface area contributed by atoms with Gasteiger partial charge in [-0.2, -0.15) is 5.11 Å². The summed E-state index contributed by atoms with van der Waals surface area (Å²) in [7, 11) is 0. The van der Waals surface area contributed by atoms with Crippen LogP contribution in [0.5, 0.6) is 5.88 Å². The minimum atomic E-state index is 0.0853. The number of para-hydroxylation sites is 2. The minimum Gasteiger partial charge on any atom is -0.493 e. The van der Waals surface area contributed by atoms with Crippen LogP contribution in [0.15, 0.2) is 95.2 Å². The molecular formula is C20H15N3O. The molecule has 0 unspecified atom stereocenters. The molecule has 0 fully saturated rings. The van der Waals surface area contributed by atoms with Crippen LogP contribution in [0.25, 0.3) is 16.6 Å². The Balaban J connectivity index is 1.91. The summed E-state index contributed by atoms with van der Waals surface area (Å²) >= 11 is 0. The summed E-state index contributed by atoms with van der Waals surface area (Å²) in [5.74, 6) is 0.0853. The van der Waals surface area contributed by atoms with Gasteiger partial charge in [-0.25, -0.2) is 0 Å². The van der Waals surface area contributed by atoms with Crippen molar-refractivity contribution < 1.29 is 5.11 Å². The van der Waals surface area contributed by atoms with Crippen LogP contribution in [0.4, 0.5) is 11.4 Å². The van der Waals surface area contributed by atoms with Crippen molar-refractivity contribution in [2.45, 2.75) is 0 Å². The van der Waals surface area contributed by atoms with Gasteiger partial charge in [-0.15, -0.1) is 5.11 Å². The average molecular weight is 313 g/mol. The van der Waals surface area contributed by atoms with Crippen molar-refractivity contribution in [3.05, 3.63) is 84.9 Å². The van der Waals surface area contributed by atoms with Crippen LogP contribution >= 0.6 is 0 Å². The Morgan fingerprint density at radius 1 is 0.667 bits per heavy atom. The van der Waals surface area contributed by atoms with Gasteiger partial charge in [-0.05, 0) is 30.3 Å². The number of fused-ring (bicyclic) bond motifs is 1. The lowest BCUT2D eigenvalue weighted by molar-refractivity contribution is 0.446. The van der Waals surface area contributed by atoms with Crippen LogP contribution < -0.4 is 0 Å². The number of hydrogen-bond donors (Lipinski definition) is 1. The van der Waals surface area contributed by atoms with Gasteiger partial charge in [0.25, 0.3) is 0 Å². The van der Waals surface area contributed by atoms with E-state index >= 15 is 0 Å². The first kappa shape index (κ1) is 14.2. The molecule has 0 radical (unpaired) electrons. The molecule has 4 nitrogen and oxygen atoms in total. The largest absolute Gasteiger partial charge is 0.493 e. The first-order valence-electron chi connectivity index (χ1n) is 7.69. The van der Waals surface area contributed by atoms with Gasteiger partial charge in [0.1, 0.15) is 0 Å². The zero-order chi connectivity index (χ0) is 16.4. The van der Waals surface area contributed by atoms with E-state index in [4.69, 9.17) is 0 Å². The molecule has 4 heteroatoms. The molecule has 0 spiro atoms. The van der Waals surface area contributed by atoms with Gasteiger partial charge in [-0.1, -0.05) is 54.6 Å². The molecule has 116 valence electrons. The molecule has 1 N–H and O–H groups in total. The Morgan fingerprint density at radius 2 is 1.29 bits per heavy atom. The van der Waals surface area contributed by atoms with Crippen LogP contribution in [0, 0.1) is 0 Å². The molecule has 0 aliphatic heterocycles. The molecule has 4 rings (SSSR count). The first-order chi connectivity index (χ1) is 11.8. The molecule has 0 atom stereocenters. The minimum absolute atomic E-state index is 0.0853. The number of hydrogen-bond acceptors (Lipinski definition) is 3. The Kier molecular flexibility index (Phi) is 3.56. The first-order valence-corrected chi connectivity index (χ1v) is 7.69. The maximum Gasteiger partial charge on any atom is 0.225 e. The lowest BCUT2D eigenvalue weighted by Crippen LogP contribution is -1.91. The van der Waals surface area contributed by atoms with Gasteiger partial charge in [0.2, 0.25) is 5.88 Å². The number of rotatable bonds is 3. The third-order valence-corrected chi connectivity index (χ3v) is 3.86. The van der Waals surface area contributed by atoms with Crippen LogP contribution in [-0.4, -0.2) is 9.67 Å². The van der Waals surface area contributed by atoms with Gasteiger partial charge in [0.05, 0.1) is 11.2 Å². The van der Waals surface area contributed by atoms with Crippen molar-refractivity contribution in [2.75, 3.05) is 0 Å². The van der Waals surface area contributed by atoms with E-state index in [-0.39, 0.29) is 5.88 Å². The summed E-state index contributed by atoms with van der Waals surface area (Å²) in [5, 5.41) is 20.2. The highest BCUT2D eigenvalue weighted by Gasteiger charge is 2.17. The Hall–Kier alpha value is -3.40. The molecule has 0 saturated heterocycles. The summed E-state index contributed by atoms with van der Waals surface area (Å²) in [6.07, 6.45) is 0. The van der Waals surface area contributed by atoms with Crippen LogP contribution in [-0.2, 0) is 0 Å². The number of benzene rings is 3. The van der Waals surface area contributed by atoms with Crippen molar-refractivity contribution >= 4 is 22.3 Å². The second-order valence-corrected chi connectivity index (χ2v) is 5.40. The van der Waals surface area contributed by atoms with E-state index in [0.717, 1.165) is 22.3 Å². The number of nitrogens with zero attached hydrogens (tertiary/aromatic N) is 3. The standard InChI is InChI=1S/C20H15N3O/c24-20-19(22-21-15-9-3-1-4-10-15)17-13-7-8-14-18(17)23(20)16-11-5-2-6-12-16/h1-14,24H. The highest BCUT2D eigenvalue weighted by atomic mass is 16.3. The Morgan fingerprint density at radius 3 is 2.04 bits per heavy atom.